The summed E-state index contributed by atoms with van der Waals surface area (Å²) >= 11 is 6.46. The van der Waals surface area contributed by atoms with Crippen LogP contribution in [0.4, 0.5) is 11.8 Å². The van der Waals surface area contributed by atoms with Crippen molar-refractivity contribution in [3.05, 3.63) is 57.3 Å². The van der Waals surface area contributed by atoms with Crippen molar-refractivity contribution in [1.29, 1.82) is 0 Å². The summed E-state index contributed by atoms with van der Waals surface area (Å²) in [4.78, 5) is 45.8. The second-order valence-electron chi connectivity index (χ2n) is 9.43. The van der Waals surface area contributed by atoms with E-state index < -0.39 is 0 Å². The monoisotopic (exact) mass is 537 g/mol. The Morgan fingerprint density at radius 2 is 2.05 bits per heavy atom. The summed E-state index contributed by atoms with van der Waals surface area (Å²) < 4.78 is 5.52. The number of aromatic amines is 1. The number of aryl methyl sites for hydroxylation is 1. The highest BCUT2D eigenvalue weighted by Crippen LogP contribution is 2.41. The van der Waals surface area contributed by atoms with Crippen molar-refractivity contribution in [3.8, 4) is 5.75 Å². The van der Waals surface area contributed by atoms with Crippen LogP contribution in [0.1, 0.15) is 51.3 Å². The van der Waals surface area contributed by atoms with Crippen LogP contribution in [-0.2, 0) is 11.3 Å². The molecule has 2 aliphatic heterocycles. The van der Waals surface area contributed by atoms with Crippen molar-refractivity contribution in [2.24, 2.45) is 0 Å². The van der Waals surface area contributed by atoms with E-state index in [1.807, 2.05) is 13.8 Å². The summed E-state index contributed by atoms with van der Waals surface area (Å²) in [5.41, 5.74) is 9.84. The topological polar surface area (TPSA) is 151 Å². The maximum absolute atomic E-state index is 13.7. The molecule has 1 fully saturated rings. The van der Waals surface area contributed by atoms with Gasteiger partial charge in [0.15, 0.2) is 5.82 Å². The Kier molecular flexibility index (Phi) is 6.80. The van der Waals surface area contributed by atoms with Gasteiger partial charge in [-0.1, -0.05) is 11.6 Å². The van der Waals surface area contributed by atoms with Crippen molar-refractivity contribution < 1.29 is 19.4 Å². The number of pyridine rings is 1. The van der Waals surface area contributed by atoms with Crippen LogP contribution in [0.5, 0.6) is 5.75 Å². The van der Waals surface area contributed by atoms with Gasteiger partial charge in [-0.3, -0.25) is 19.5 Å². The van der Waals surface area contributed by atoms with Gasteiger partial charge in [-0.05, 0) is 38.8 Å². The lowest BCUT2D eigenvalue weighted by molar-refractivity contribution is -0.113. The molecule has 38 heavy (non-hydrogen) atoms. The summed E-state index contributed by atoms with van der Waals surface area (Å²) in [5.74, 6) is 0.439. The molecule has 0 aliphatic carbocycles. The molecule has 0 aromatic carbocycles. The third-order valence-electron chi connectivity index (χ3n) is 6.93. The Labute approximate surface area is 224 Å². The van der Waals surface area contributed by atoms with Crippen LogP contribution >= 0.6 is 11.6 Å². The number of nitrogens with one attached hydrogen (secondary N) is 1. The number of ether oxygens (including phenoxy) is 1. The fourth-order valence-corrected chi connectivity index (χ4v) is 5.17. The fourth-order valence-electron chi connectivity index (χ4n) is 4.90. The second kappa shape index (κ2) is 10.1. The number of nitrogen functional groups attached to an aromatic ring is 1. The number of H-pyrrole nitrogens is 1. The van der Waals surface area contributed by atoms with E-state index in [0.29, 0.717) is 54.2 Å². The van der Waals surface area contributed by atoms with Crippen LogP contribution in [-0.4, -0.2) is 68.1 Å². The highest BCUT2D eigenvalue weighted by atomic mass is 35.5. The molecule has 2 amide bonds. The van der Waals surface area contributed by atoms with E-state index in [4.69, 9.17) is 22.1 Å². The number of aliphatic hydroxyl groups is 1. The number of carbonyl (C=O) groups excluding carboxylic acids is 2. The number of halogens is 1. The van der Waals surface area contributed by atoms with E-state index in [1.54, 1.807) is 36.5 Å². The van der Waals surface area contributed by atoms with Gasteiger partial charge in [0.25, 0.3) is 11.8 Å². The lowest BCUT2D eigenvalue weighted by atomic mass is 10.1. The predicted molar refractivity (Wildman–Crippen MR) is 143 cm³/mol. The fraction of sp³-hybridized carbons (Fsp3) is 0.346. The first-order valence-corrected chi connectivity index (χ1v) is 12.6. The molecule has 11 nitrogen and oxygen atoms in total. The van der Waals surface area contributed by atoms with E-state index in [-0.39, 0.29) is 47.0 Å². The van der Waals surface area contributed by atoms with Gasteiger partial charge >= 0.3 is 0 Å². The smallest absolute Gasteiger partial charge is 0.260 e. The molecule has 198 valence electrons. The molecule has 5 heterocycles. The molecule has 0 unspecified atom stereocenters. The second-order valence-corrected chi connectivity index (χ2v) is 9.79. The van der Waals surface area contributed by atoms with Gasteiger partial charge in [-0.2, -0.15) is 4.98 Å². The summed E-state index contributed by atoms with van der Waals surface area (Å²) in [6, 6.07) is 1.68. The number of nitrogens with two attached hydrogens (primary N) is 1. The molecule has 3 aromatic heterocycles. The molecule has 12 heteroatoms. The molecule has 0 radical (unpaired) electrons. The Balaban J connectivity index is 1.48. The Morgan fingerprint density at radius 3 is 2.76 bits per heavy atom. The van der Waals surface area contributed by atoms with Crippen LogP contribution in [0.25, 0.3) is 11.6 Å². The van der Waals surface area contributed by atoms with Gasteiger partial charge in [-0.15, -0.1) is 0 Å². The average molecular weight is 538 g/mol. The zero-order chi connectivity index (χ0) is 27.1. The van der Waals surface area contributed by atoms with Crippen LogP contribution in [0.3, 0.4) is 0 Å². The summed E-state index contributed by atoms with van der Waals surface area (Å²) in [5, 5.41) is 9.78. The minimum absolute atomic E-state index is 0.0514. The standard InChI is InChI=1S/C26H28ClN7O4/c1-13-10-30-19(14(2)21(13)38-3)12-34-23-20(22(27)31-26(28)32-23)18(25(34)37)9-16-8-15(11-29-16)24(36)33-6-4-17(35)5-7-33/h8-11,17,29,35H,4-7,12H2,1-3H3,(H2,28,31,32)/b18-9+. The molecule has 4 N–H and O–H groups in total. The highest BCUT2D eigenvalue weighted by molar-refractivity contribution is 6.41. The van der Waals surface area contributed by atoms with Gasteiger partial charge in [0, 0.05) is 42.3 Å². The molecule has 0 saturated carbocycles. The maximum atomic E-state index is 13.7. The van der Waals surface area contributed by atoms with Crippen LogP contribution < -0.4 is 15.4 Å². The molecule has 1 saturated heterocycles. The number of aliphatic hydroxyl groups excluding tert-OH is 1. The molecule has 0 spiro atoms. The maximum Gasteiger partial charge on any atom is 0.260 e. The van der Waals surface area contributed by atoms with Crippen molar-refractivity contribution in [3.63, 3.8) is 0 Å². The molecule has 0 bridgehead atoms. The zero-order valence-electron chi connectivity index (χ0n) is 21.3. The number of carbonyl (C=O) groups is 2. The van der Waals surface area contributed by atoms with Crippen molar-refractivity contribution in [2.75, 3.05) is 30.8 Å². The number of methoxy groups -OCH3 is 1. The van der Waals surface area contributed by atoms with Gasteiger partial charge in [-0.25, -0.2) is 4.98 Å². The number of nitrogens with zero attached hydrogens (tertiary/aromatic N) is 5. The number of piperidine rings is 1. The number of rotatable bonds is 5. The van der Waals surface area contributed by atoms with E-state index in [0.717, 1.165) is 11.1 Å². The van der Waals surface area contributed by atoms with Gasteiger partial charge in [0.1, 0.15) is 10.9 Å². The molecule has 0 atom stereocenters. The lowest BCUT2D eigenvalue weighted by Crippen LogP contribution is -2.39. The van der Waals surface area contributed by atoms with Crippen molar-refractivity contribution in [1.82, 2.24) is 24.8 Å². The quantitative estimate of drug-likeness (QED) is 0.332. The third kappa shape index (κ3) is 4.59. The van der Waals surface area contributed by atoms with Crippen LogP contribution in [0.15, 0.2) is 18.5 Å². The number of likely N-dealkylation sites (tertiary alicyclic amines) is 1. The minimum atomic E-state index is -0.372. The third-order valence-corrected chi connectivity index (χ3v) is 7.20. The van der Waals surface area contributed by atoms with E-state index in [9.17, 15) is 14.7 Å². The van der Waals surface area contributed by atoms with Gasteiger partial charge < -0.3 is 25.5 Å². The van der Waals surface area contributed by atoms with E-state index in [2.05, 4.69) is 19.9 Å². The molecule has 3 aromatic rings. The summed E-state index contributed by atoms with van der Waals surface area (Å²) in [6.07, 6.45) is 5.65. The highest BCUT2D eigenvalue weighted by Gasteiger charge is 2.37. The molecular weight excluding hydrogens is 510 g/mol. The normalized spacial score (nSPS) is 16.9. The Hall–Kier alpha value is -3.96. The van der Waals surface area contributed by atoms with E-state index >= 15 is 0 Å². The molecule has 2 aliphatic rings. The molecule has 5 rings (SSSR count). The van der Waals surface area contributed by atoms with Crippen LogP contribution in [0, 0.1) is 13.8 Å². The Bertz CT molecular complexity index is 1460. The average Bonchev–Trinajstić information content (AvgIpc) is 3.45. The largest absolute Gasteiger partial charge is 0.496 e. The number of hydrogen-bond donors (Lipinski definition) is 3. The van der Waals surface area contributed by atoms with Crippen molar-refractivity contribution >= 4 is 46.8 Å². The summed E-state index contributed by atoms with van der Waals surface area (Å²) in [7, 11) is 1.59. The number of anilines is 2. The number of fused-ring (bicyclic) bond motifs is 1. The minimum Gasteiger partial charge on any atom is -0.496 e. The van der Waals surface area contributed by atoms with Gasteiger partial charge in [0.05, 0.1) is 42.2 Å². The summed E-state index contributed by atoms with van der Waals surface area (Å²) in [6.45, 7) is 4.89. The van der Waals surface area contributed by atoms with Crippen LogP contribution in [0.2, 0.25) is 5.15 Å². The van der Waals surface area contributed by atoms with Gasteiger partial charge in [0.2, 0.25) is 5.95 Å². The Morgan fingerprint density at radius 1 is 1.32 bits per heavy atom. The first kappa shape index (κ1) is 25.7. The number of hydrogen-bond acceptors (Lipinski definition) is 8. The first-order valence-electron chi connectivity index (χ1n) is 12.2. The number of amides is 2. The predicted octanol–water partition coefficient (Wildman–Crippen LogP) is 2.75. The van der Waals surface area contributed by atoms with Crippen molar-refractivity contribution in [2.45, 2.75) is 39.3 Å². The number of aromatic nitrogens is 4. The lowest BCUT2D eigenvalue weighted by Gasteiger charge is -2.29. The first-order chi connectivity index (χ1) is 18.2. The zero-order valence-corrected chi connectivity index (χ0v) is 22.0. The molecular formula is C26H28ClN7O4. The SMILES string of the molecule is COc1c(C)cnc(CN2C(=O)/C(=C/c3cc(C(=O)N4CCC(O)CC4)c[nH]3)c3c(Cl)nc(N)nc32)c1C. The van der Waals surface area contributed by atoms with E-state index in [1.165, 1.54) is 4.90 Å².